The standard InChI is InChI=1S/C7H11N2O2/c10-7-4-9-2-1-8-3-6(9)5-11-7/h5-6,8H,1-4H2. The minimum atomic E-state index is -0.136. The lowest BCUT2D eigenvalue weighted by Crippen LogP contribution is -2.56. The number of fused-ring (bicyclic) bond motifs is 1. The summed E-state index contributed by atoms with van der Waals surface area (Å²) in [5.74, 6) is -0.136. The van der Waals surface area contributed by atoms with Crippen molar-refractivity contribution in [2.75, 3.05) is 26.2 Å². The number of carbonyl (C=O) groups is 1. The van der Waals surface area contributed by atoms with Gasteiger partial charge in [-0.2, -0.15) is 0 Å². The van der Waals surface area contributed by atoms with Gasteiger partial charge in [0.25, 0.3) is 0 Å². The van der Waals surface area contributed by atoms with Crippen LogP contribution >= 0.6 is 0 Å². The molecule has 0 aromatic heterocycles. The third-order valence-electron chi connectivity index (χ3n) is 2.09. The van der Waals surface area contributed by atoms with E-state index in [9.17, 15) is 4.79 Å². The molecule has 1 atom stereocenters. The van der Waals surface area contributed by atoms with Gasteiger partial charge in [-0.3, -0.25) is 9.69 Å². The normalized spacial score (nSPS) is 32.7. The summed E-state index contributed by atoms with van der Waals surface area (Å²) >= 11 is 0. The Morgan fingerprint density at radius 3 is 3.55 bits per heavy atom. The summed E-state index contributed by atoms with van der Waals surface area (Å²) < 4.78 is 4.80. The number of cyclic esters (lactones) is 1. The number of nitrogens with zero attached hydrogens (tertiary/aromatic N) is 1. The molecule has 2 rings (SSSR count). The first-order valence-corrected chi connectivity index (χ1v) is 3.84. The molecule has 2 saturated heterocycles. The van der Waals surface area contributed by atoms with E-state index in [1.54, 1.807) is 6.61 Å². The van der Waals surface area contributed by atoms with Gasteiger partial charge in [0.05, 0.1) is 12.6 Å². The fraction of sp³-hybridized carbons (Fsp3) is 0.714. The summed E-state index contributed by atoms with van der Waals surface area (Å²) in [5, 5.41) is 3.23. The van der Waals surface area contributed by atoms with Gasteiger partial charge in [0.15, 0.2) is 6.61 Å². The van der Waals surface area contributed by atoms with Crippen LogP contribution < -0.4 is 5.32 Å². The van der Waals surface area contributed by atoms with Crippen LogP contribution in [0.3, 0.4) is 0 Å². The molecular formula is C7H11N2O2. The summed E-state index contributed by atoms with van der Waals surface area (Å²) in [4.78, 5) is 12.9. The fourth-order valence-corrected chi connectivity index (χ4v) is 1.46. The Kier molecular flexibility index (Phi) is 1.79. The Morgan fingerprint density at radius 1 is 1.73 bits per heavy atom. The van der Waals surface area contributed by atoms with Gasteiger partial charge in [0.1, 0.15) is 0 Å². The van der Waals surface area contributed by atoms with E-state index < -0.39 is 0 Å². The van der Waals surface area contributed by atoms with Gasteiger partial charge in [-0.15, -0.1) is 0 Å². The van der Waals surface area contributed by atoms with Gasteiger partial charge < -0.3 is 10.1 Å². The van der Waals surface area contributed by atoms with Crippen LogP contribution in [-0.4, -0.2) is 43.1 Å². The lowest BCUT2D eigenvalue weighted by atomic mass is 10.2. The van der Waals surface area contributed by atoms with E-state index in [1.807, 2.05) is 0 Å². The summed E-state index contributed by atoms with van der Waals surface area (Å²) in [6, 6.07) is 0.293. The Morgan fingerprint density at radius 2 is 2.64 bits per heavy atom. The minimum absolute atomic E-state index is 0.136. The average molecular weight is 155 g/mol. The molecule has 0 bridgehead atoms. The van der Waals surface area contributed by atoms with Gasteiger partial charge in [-0.1, -0.05) is 0 Å². The van der Waals surface area contributed by atoms with Gasteiger partial charge in [-0.25, -0.2) is 0 Å². The van der Waals surface area contributed by atoms with Crippen LogP contribution in [0, 0.1) is 6.61 Å². The SMILES string of the molecule is O=C1CN2CCNCC2[CH]O1. The van der Waals surface area contributed by atoms with Crippen LogP contribution in [0.5, 0.6) is 0 Å². The summed E-state index contributed by atoms with van der Waals surface area (Å²) in [7, 11) is 0. The molecule has 2 aliphatic rings. The average Bonchev–Trinajstić information content (AvgIpc) is 2.04. The first-order valence-electron chi connectivity index (χ1n) is 3.84. The van der Waals surface area contributed by atoms with E-state index in [-0.39, 0.29) is 5.97 Å². The largest absolute Gasteiger partial charge is 0.456 e. The van der Waals surface area contributed by atoms with Crippen LogP contribution in [-0.2, 0) is 9.53 Å². The van der Waals surface area contributed by atoms with Gasteiger partial charge >= 0.3 is 5.97 Å². The highest BCUT2D eigenvalue weighted by Crippen LogP contribution is 2.12. The smallest absolute Gasteiger partial charge is 0.320 e. The molecule has 0 aromatic carbocycles. The van der Waals surface area contributed by atoms with Crippen molar-refractivity contribution in [1.82, 2.24) is 10.2 Å². The van der Waals surface area contributed by atoms with Gasteiger partial charge in [-0.05, 0) is 0 Å². The topological polar surface area (TPSA) is 41.6 Å². The van der Waals surface area contributed by atoms with E-state index in [4.69, 9.17) is 4.74 Å². The summed E-state index contributed by atoms with van der Waals surface area (Å²) in [6.07, 6.45) is 0. The molecule has 4 heteroatoms. The second-order valence-corrected chi connectivity index (χ2v) is 2.87. The monoisotopic (exact) mass is 155 g/mol. The van der Waals surface area contributed by atoms with Crippen molar-refractivity contribution in [2.24, 2.45) is 0 Å². The maximum Gasteiger partial charge on any atom is 0.320 e. The number of morpholine rings is 1. The Bertz CT molecular complexity index is 172. The van der Waals surface area contributed by atoms with Crippen molar-refractivity contribution in [3.05, 3.63) is 6.61 Å². The molecule has 0 spiro atoms. The van der Waals surface area contributed by atoms with Crippen molar-refractivity contribution in [2.45, 2.75) is 6.04 Å². The molecule has 0 aliphatic carbocycles. The lowest BCUT2D eigenvalue weighted by molar-refractivity contribution is -0.148. The maximum absolute atomic E-state index is 10.8. The van der Waals surface area contributed by atoms with E-state index >= 15 is 0 Å². The van der Waals surface area contributed by atoms with E-state index in [1.165, 1.54) is 0 Å². The van der Waals surface area contributed by atoms with E-state index in [0.717, 1.165) is 19.6 Å². The first kappa shape index (κ1) is 7.06. The second-order valence-electron chi connectivity index (χ2n) is 2.87. The number of piperazine rings is 1. The number of rotatable bonds is 0. The number of hydrogen-bond acceptors (Lipinski definition) is 4. The Labute approximate surface area is 65.5 Å². The number of esters is 1. The Balaban J connectivity index is 1.98. The molecule has 11 heavy (non-hydrogen) atoms. The number of carbonyl (C=O) groups excluding carboxylic acids is 1. The quantitative estimate of drug-likeness (QED) is 0.455. The molecule has 1 radical (unpaired) electrons. The van der Waals surface area contributed by atoms with Crippen molar-refractivity contribution in [3.63, 3.8) is 0 Å². The zero-order valence-corrected chi connectivity index (χ0v) is 6.25. The third kappa shape index (κ3) is 1.36. The predicted octanol–water partition coefficient (Wildman–Crippen LogP) is -1.02. The highest BCUT2D eigenvalue weighted by Gasteiger charge is 2.30. The molecule has 2 heterocycles. The number of hydrogen-bond donors (Lipinski definition) is 1. The van der Waals surface area contributed by atoms with Crippen LogP contribution in [0.1, 0.15) is 0 Å². The van der Waals surface area contributed by atoms with Crippen molar-refractivity contribution < 1.29 is 9.53 Å². The van der Waals surface area contributed by atoms with Crippen LogP contribution in [0.4, 0.5) is 0 Å². The molecule has 1 unspecified atom stereocenters. The number of ether oxygens (including phenoxy) is 1. The molecule has 61 valence electrons. The van der Waals surface area contributed by atoms with Crippen LogP contribution in [0.15, 0.2) is 0 Å². The third-order valence-corrected chi connectivity index (χ3v) is 2.09. The van der Waals surface area contributed by atoms with E-state index in [2.05, 4.69) is 10.2 Å². The molecular weight excluding hydrogens is 144 g/mol. The van der Waals surface area contributed by atoms with Crippen molar-refractivity contribution in [1.29, 1.82) is 0 Å². The predicted molar refractivity (Wildman–Crippen MR) is 38.6 cm³/mol. The lowest BCUT2D eigenvalue weighted by Gasteiger charge is -2.37. The zero-order valence-electron chi connectivity index (χ0n) is 6.25. The first-order chi connectivity index (χ1) is 5.36. The molecule has 0 aromatic rings. The summed E-state index contributed by atoms with van der Waals surface area (Å²) in [5.41, 5.74) is 0. The highest BCUT2D eigenvalue weighted by atomic mass is 16.5. The molecule has 0 amide bonds. The Hall–Kier alpha value is -0.610. The molecule has 2 fully saturated rings. The van der Waals surface area contributed by atoms with Crippen molar-refractivity contribution in [3.8, 4) is 0 Å². The second kappa shape index (κ2) is 2.79. The fourth-order valence-electron chi connectivity index (χ4n) is 1.46. The zero-order chi connectivity index (χ0) is 7.68. The maximum atomic E-state index is 10.8. The minimum Gasteiger partial charge on any atom is -0.456 e. The highest BCUT2D eigenvalue weighted by molar-refractivity contribution is 5.73. The van der Waals surface area contributed by atoms with E-state index in [0.29, 0.717) is 12.6 Å². The molecule has 1 N–H and O–H groups in total. The van der Waals surface area contributed by atoms with Crippen LogP contribution in [0.2, 0.25) is 0 Å². The summed E-state index contributed by atoms with van der Waals surface area (Å²) in [6.45, 7) is 4.88. The molecule has 4 nitrogen and oxygen atoms in total. The van der Waals surface area contributed by atoms with Crippen molar-refractivity contribution >= 4 is 5.97 Å². The molecule has 2 aliphatic heterocycles. The van der Waals surface area contributed by atoms with Gasteiger partial charge in [0.2, 0.25) is 0 Å². The molecule has 0 saturated carbocycles. The van der Waals surface area contributed by atoms with Crippen LogP contribution in [0.25, 0.3) is 0 Å². The number of nitrogens with one attached hydrogen (secondary N) is 1. The van der Waals surface area contributed by atoms with Gasteiger partial charge in [0, 0.05) is 19.6 Å².